The molecule has 2 rings (SSSR count). The predicted octanol–water partition coefficient (Wildman–Crippen LogP) is 5.09. The molecule has 134 valence electrons. The number of phenolic OH excluding ortho intramolecular Hbond substituents is 1. The van der Waals surface area contributed by atoms with Crippen LogP contribution >= 0.6 is 11.6 Å². The van der Waals surface area contributed by atoms with Crippen LogP contribution in [0.2, 0.25) is 5.02 Å². The number of aromatic hydroxyl groups is 1. The Labute approximate surface area is 146 Å². The average molecular weight is 377 g/mol. The van der Waals surface area contributed by atoms with Crippen molar-refractivity contribution in [3.8, 4) is 17.2 Å². The summed E-state index contributed by atoms with van der Waals surface area (Å²) in [4.78, 5) is 0. The fourth-order valence-electron chi connectivity index (χ4n) is 1.98. The van der Waals surface area contributed by atoms with Crippen LogP contribution in [-0.4, -0.2) is 18.8 Å². The molecule has 0 fully saturated rings. The third-order valence-electron chi connectivity index (χ3n) is 3.22. The van der Waals surface area contributed by atoms with Crippen molar-refractivity contribution in [2.45, 2.75) is 6.42 Å². The molecule has 0 saturated heterocycles. The largest absolute Gasteiger partial charge is 0.506 e. The molecule has 0 aliphatic heterocycles. The molecule has 8 heteroatoms. The van der Waals surface area contributed by atoms with Gasteiger partial charge in [-0.1, -0.05) is 23.8 Å². The van der Waals surface area contributed by atoms with E-state index in [0.29, 0.717) is 5.75 Å². The fourth-order valence-corrected chi connectivity index (χ4v) is 2.15. The lowest BCUT2D eigenvalue weighted by Gasteiger charge is -2.08. The molecular weight excluding hydrogens is 364 g/mol. The van der Waals surface area contributed by atoms with Gasteiger partial charge in [0.2, 0.25) is 11.6 Å². The number of hydrogen-bond donors (Lipinski definition) is 1. The Morgan fingerprint density at radius 2 is 1.72 bits per heavy atom. The van der Waals surface area contributed by atoms with Crippen LogP contribution in [0.3, 0.4) is 0 Å². The summed E-state index contributed by atoms with van der Waals surface area (Å²) in [5.41, 5.74) is -0.844. The molecule has 0 aliphatic carbocycles. The molecular formula is C17H13ClF4O3. The third-order valence-corrected chi connectivity index (χ3v) is 3.52. The molecule has 0 aromatic heterocycles. The van der Waals surface area contributed by atoms with Crippen LogP contribution in [-0.2, 0) is 0 Å². The monoisotopic (exact) mass is 376 g/mol. The lowest BCUT2D eigenvalue weighted by molar-refractivity contribution is 0.324. The second-order valence-corrected chi connectivity index (χ2v) is 5.26. The lowest BCUT2D eigenvalue weighted by Crippen LogP contribution is -2.03. The predicted molar refractivity (Wildman–Crippen MR) is 85.1 cm³/mol. The molecule has 2 aromatic rings. The second kappa shape index (κ2) is 8.11. The van der Waals surface area contributed by atoms with E-state index in [1.807, 2.05) is 0 Å². The highest BCUT2D eigenvalue weighted by Crippen LogP contribution is 2.30. The standard InChI is InChI=1S/C17H13ClF4O3/c1-24-17-15(21)13(19)10(14(20)16(17)22)4-2-3-7-25-9-5-6-12(23)11(18)8-9/h2,4-6,8,23H,3,7H2,1H3. The number of rotatable bonds is 6. The Bertz CT molecular complexity index is 780. The Hall–Kier alpha value is -2.41. The van der Waals surface area contributed by atoms with Gasteiger partial charge in [-0.25, -0.2) is 8.78 Å². The molecule has 1 N–H and O–H groups in total. The summed E-state index contributed by atoms with van der Waals surface area (Å²) in [7, 11) is 0.906. The van der Waals surface area contributed by atoms with E-state index in [-0.39, 0.29) is 23.8 Å². The summed E-state index contributed by atoms with van der Waals surface area (Å²) in [6.07, 6.45) is 2.42. The molecule has 0 heterocycles. The fraction of sp³-hybridized carbons (Fsp3) is 0.176. The minimum Gasteiger partial charge on any atom is -0.506 e. The molecule has 25 heavy (non-hydrogen) atoms. The molecule has 0 saturated carbocycles. The zero-order valence-corrected chi connectivity index (χ0v) is 13.7. The maximum absolute atomic E-state index is 13.8. The Morgan fingerprint density at radius 1 is 1.08 bits per heavy atom. The summed E-state index contributed by atoms with van der Waals surface area (Å²) in [5, 5.41) is 9.39. The molecule has 2 aromatic carbocycles. The van der Waals surface area contributed by atoms with Gasteiger partial charge in [0.1, 0.15) is 11.5 Å². The number of hydrogen-bond acceptors (Lipinski definition) is 3. The van der Waals surface area contributed by atoms with E-state index >= 15 is 0 Å². The summed E-state index contributed by atoms with van der Waals surface area (Å²) in [6, 6.07) is 4.23. The first kappa shape index (κ1) is 18.9. The highest BCUT2D eigenvalue weighted by Gasteiger charge is 2.24. The van der Waals surface area contributed by atoms with Gasteiger partial charge in [0.05, 0.1) is 24.3 Å². The molecule has 0 atom stereocenters. The quantitative estimate of drug-likeness (QED) is 0.433. The SMILES string of the molecule is COc1c(F)c(F)c(C=CCCOc2ccc(O)c(Cl)c2)c(F)c1F. The third kappa shape index (κ3) is 4.17. The zero-order chi connectivity index (χ0) is 18.6. The van der Waals surface area contributed by atoms with Gasteiger partial charge in [-0.05, 0) is 18.6 Å². The van der Waals surface area contributed by atoms with Crippen molar-refractivity contribution in [2.24, 2.45) is 0 Å². The minimum atomic E-state index is -1.60. The van der Waals surface area contributed by atoms with E-state index in [9.17, 15) is 22.7 Å². The van der Waals surface area contributed by atoms with E-state index in [0.717, 1.165) is 13.2 Å². The summed E-state index contributed by atoms with van der Waals surface area (Å²) < 4.78 is 64.3. The van der Waals surface area contributed by atoms with Crippen molar-refractivity contribution >= 4 is 17.7 Å². The van der Waals surface area contributed by atoms with Crippen LogP contribution in [0.15, 0.2) is 24.3 Å². The number of phenols is 1. The molecule has 0 unspecified atom stereocenters. The summed E-state index contributed by atoms with van der Waals surface area (Å²) in [5.74, 6) is -7.11. The van der Waals surface area contributed by atoms with Crippen LogP contribution in [0, 0.1) is 23.3 Å². The van der Waals surface area contributed by atoms with Gasteiger partial charge < -0.3 is 14.6 Å². The van der Waals surface area contributed by atoms with Crippen LogP contribution in [0.5, 0.6) is 17.2 Å². The number of methoxy groups -OCH3 is 1. The molecule has 0 bridgehead atoms. The lowest BCUT2D eigenvalue weighted by atomic mass is 10.1. The number of halogens is 5. The highest BCUT2D eigenvalue weighted by molar-refractivity contribution is 6.32. The van der Waals surface area contributed by atoms with Crippen molar-refractivity contribution in [3.63, 3.8) is 0 Å². The minimum absolute atomic E-state index is 0.0941. The number of benzene rings is 2. The highest BCUT2D eigenvalue weighted by atomic mass is 35.5. The first-order chi connectivity index (χ1) is 11.9. The van der Waals surface area contributed by atoms with Crippen molar-refractivity contribution in [1.82, 2.24) is 0 Å². The first-order valence-corrected chi connectivity index (χ1v) is 7.42. The van der Waals surface area contributed by atoms with Crippen molar-refractivity contribution in [3.05, 3.63) is 58.1 Å². The van der Waals surface area contributed by atoms with Gasteiger partial charge in [-0.2, -0.15) is 8.78 Å². The van der Waals surface area contributed by atoms with Crippen LogP contribution in [0.25, 0.3) is 6.08 Å². The van der Waals surface area contributed by atoms with Crippen LogP contribution in [0.4, 0.5) is 17.6 Å². The average Bonchev–Trinajstić information content (AvgIpc) is 2.59. The zero-order valence-electron chi connectivity index (χ0n) is 13.0. The molecule has 0 radical (unpaired) electrons. The van der Waals surface area contributed by atoms with Crippen molar-refractivity contribution < 1.29 is 32.1 Å². The van der Waals surface area contributed by atoms with E-state index < -0.39 is 34.6 Å². The van der Waals surface area contributed by atoms with E-state index in [1.165, 1.54) is 24.3 Å². The molecule has 0 aliphatic rings. The van der Waals surface area contributed by atoms with E-state index in [2.05, 4.69) is 4.74 Å². The maximum Gasteiger partial charge on any atom is 0.204 e. The van der Waals surface area contributed by atoms with Gasteiger partial charge in [-0.15, -0.1) is 0 Å². The molecule has 0 spiro atoms. The summed E-state index contributed by atoms with van der Waals surface area (Å²) >= 11 is 5.71. The van der Waals surface area contributed by atoms with Crippen molar-refractivity contribution in [2.75, 3.05) is 13.7 Å². The first-order valence-electron chi connectivity index (χ1n) is 7.04. The number of ether oxygens (including phenoxy) is 2. The Balaban J connectivity index is 2.04. The van der Waals surface area contributed by atoms with Crippen molar-refractivity contribution in [1.29, 1.82) is 0 Å². The molecule has 3 nitrogen and oxygen atoms in total. The van der Waals surface area contributed by atoms with Crippen LogP contribution < -0.4 is 9.47 Å². The van der Waals surface area contributed by atoms with E-state index in [4.69, 9.17) is 16.3 Å². The van der Waals surface area contributed by atoms with Gasteiger partial charge in [0.25, 0.3) is 0 Å². The molecule has 0 amide bonds. The maximum atomic E-state index is 13.8. The van der Waals surface area contributed by atoms with Crippen LogP contribution in [0.1, 0.15) is 12.0 Å². The van der Waals surface area contributed by atoms with E-state index in [1.54, 1.807) is 0 Å². The van der Waals surface area contributed by atoms with Gasteiger partial charge in [0.15, 0.2) is 17.4 Å². The Kier molecular flexibility index (Phi) is 6.14. The van der Waals surface area contributed by atoms with Gasteiger partial charge in [0, 0.05) is 6.07 Å². The van der Waals surface area contributed by atoms with Gasteiger partial charge >= 0.3 is 0 Å². The Morgan fingerprint density at radius 3 is 2.28 bits per heavy atom. The van der Waals surface area contributed by atoms with Gasteiger partial charge in [-0.3, -0.25) is 0 Å². The smallest absolute Gasteiger partial charge is 0.204 e. The topological polar surface area (TPSA) is 38.7 Å². The normalized spacial score (nSPS) is 11.1. The summed E-state index contributed by atoms with van der Waals surface area (Å²) in [6.45, 7) is 0.113. The second-order valence-electron chi connectivity index (χ2n) is 4.86.